The van der Waals surface area contributed by atoms with Crippen LogP contribution in [-0.2, 0) is 4.74 Å². The van der Waals surface area contributed by atoms with Crippen LogP contribution in [0.3, 0.4) is 0 Å². The highest BCUT2D eigenvalue weighted by molar-refractivity contribution is 7.15. The zero-order valence-electron chi connectivity index (χ0n) is 10.4. The first kappa shape index (κ1) is 12.9. The van der Waals surface area contributed by atoms with Gasteiger partial charge in [-0.15, -0.1) is 10.2 Å². The molecule has 1 unspecified atom stereocenters. The van der Waals surface area contributed by atoms with Crippen LogP contribution in [0.15, 0.2) is 18.6 Å². The summed E-state index contributed by atoms with van der Waals surface area (Å²) >= 11 is 1.31. The van der Waals surface area contributed by atoms with Crippen molar-refractivity contribution in [1.29, 1.82) is 0 Å². The van der Waals surface area contributed by atoms with E-state index >= 15 is 0 Å². The molecule has 1 aliphatic heterocycles. The van der Waals surface area contributed by atoms with Crippen LogP contribution < -0.4 is 10.6 Å². The van der Waals surface area contributed by atoms with Crippen LogP contribution >= 0.6 is 11.3 Å². The van der Waals surface area contributed by atoms with Crippen molar-refractivity contribution < 1.29 is 9.53 Å². The molecule has 0 radical (unpaired) electrons. The molecule has 8 nitrogen and oxygen atoms in total. The Hall–Kier alpha value is -2.13. The first-order valence-electron chi connectivity index (χ1n) is 6.10. The molecule has 3 rings (SSSR count). The van der Waals surface area contributed by atoms with Gasteiger partial charge in [0.05, 0.1) is 6.20 Å². The van der Waals surface area contributed by atoms with E-state index in [1.807, 2.05) is 0 Å². The van der Waals surface area contributed by atoms with E-state index in [1.165, 1.54) is 29.9 Å². The summed E-state index contributed by atoms with van der Waals surface area (Å²) in [6.07, 6.45) is 6.46. The lowest BCUT2D eigenvalue weighted by Gasteiger charge is -2.03. The molecular formula is C11H12N6O2S. The first-order valence-corrected chi connectivity index (χ1v) is 6.92. The van der Waals surface area contributed by atoms with Crippen LogP contribution in [0, 0.1) is 0 Å². The van der Waals surface area contributed by atoms with Gasteiger partial charge in [0.2, 0.25) is 5.13 Å². The molecular weight excluding hydrogens is 280 g/mol. The second-order valence-electron chi connectivity index (χ2n) is 4.12. The number of carbonyl (C=O) groups excluding carboxylic acids is 1. The highest BCUT2D eigenvalue weighted by atomic mass is 32.1. The average molecular weight is 292 g/mol. The molecule has 0 spiro atoms. The number of nitrogens with zero attached hydrogens (tertiary/aromatic N) is 4. The van der Waals surface area contributed by atoms with E-state index < -0.39 is 6.03 Å². The van der Waals surface area contributed by atoms with Gasteiger partial charge in [0, 0.05) is 19.0 Å². The standard InChI is InChI=1S/C11H12N6O2S/c18-10(14-8-6-12-3-4-13-8)15-11-17-16-9(20-11)7-2-1-5-19-7/h3-4,6-7H,1-2,5H2,(H2,13,14,15,17,18). The van der Waals surface area contributed by atoms with Crippen molar-refractivity contribution >= 4 is 28.3 Å². The Morgan fingerprint density at radius 2 is 2.30 bits per heavy atom. The number of aromatic nitrogens is 4. The van der Waals surface area contributed by atoms with Crippen molar-refractivity contribution in [3.8, 4) is 0 Å². The smallest absolute Gasteiger partial charge is 0.326 e. The SMILES string of the molecule is O=C(Nc1cnccn1)Nc1nnc(C2CCCO2)s1. The summed E-state index contributed by atoms with van der Waals surface area (Å²) in [4.78, 5) is 19.5. The van der Waals surface area contributed by atoms with Crippen LogP contribution in [0.2, 0.25) is 0 Å². The third-order valence-electron chi connectivity index (χ3n) is 2.67. The molecule has 2 aromatic heterocycles. The minimum atomic E-state index is -0.430. The minimum Gasteiger partial charge on any atom is -0.371 e. The summed E-state index contributed by atoms with van der Waals surface area (Å²) in [6.45, 7) is 0.750. The van der Waals surface area contributed by atoms with Crippen molar-refractivity contribution in [2.45, 2.75) is 18.9 Å². The predicted octanol–water partition coefficient (Wildman–Crippen LogP) is 1.82. The molecule has 1 atom stereocenters. The fourth-order valence-electron chi connectivity index (χ4n) is 1.80. The molecule has 0 aliphatic carbocycles. The number of rotatable bonds is 3. The van der Waals surface area contributed by atoms with Gasteiger partial charge in [-0.25, -0.2) is 9.78 Å². The van der Waals surface area contributed by atoms with Crippen LogP contribution in [-0.4, -0.2) is 32.8 Å². The fourth-order valence-corrected chi connectivity index (χ4v) is 2.62. The molecule has 2 aromatic rings. The number of ether oxygens (including phenoxy) is 1. The molecule has 0 saturated carbocycles. The number of urea groups is 1. The summed E-state index contributed by atoms with van der Waals surface area (Å²) in [7, 11) is 0. The highest BCUT2D eigenvalue weighted by Gasteiger charge is 2.22. The fraction of sp³-hybridized carbons (Fsp3) is 0.364. The Bertz CT molecular complexity index is 584. The van der Waals surface area contributed by atoms with E-state index in [2.05, 4.69) is 30.8 Å². The van der Waals surface area contributed by atoms with E-state index in [9.17, 15) is 4.79 Å². The van der Waals surface area contributed by atoms with Gasteiger partial charge in [-0.1, -0.05) is 11.3 Å². The molecule has 3 heterocycles. The maximum Gasteiger partial charge on any atom is 0.326 e. The summed E-state index contributed by atoms with van der Waals surface area (Å²) < 4.78 is 5.51. The van der Waals surface area contributed by atoms with Crippen molar-refractivity contribution in [3.05, 3.63) is 23.6 Å². The number of hydrogen-bond donors (Lipinski definition) is 2. The number of amides is 2. The van der Waals surface area contributed by atoms with Gasteiger partial charge in [0.25, 0.3) is 0 Å². The normalized spacial score (nSPS) is 17.9. The van der Waals surface area contributed by atoms with Gasteiger partial charge in [-0.05, 0) is 12.8 Å². The van der Waals surface area contributed by atoms with E-state index in [-0.39, 0.29) is 6.10 Å². The van der Waals surface area contributed by atoms with Crippen LogP contribution in [0.4, 0.5) is 15.7 Å². The molecule has 20 heavy (non-hydrogen) atoms. The average Bonchev–Trinajstić information content (AvgIpc) is 3.10. The summed E-state index contributed by atoms with van der Waals surface area (Å²) in [5.41, 5.74) is 0. The van der Waals surface area contributed by atoms with Crippen molar-refractivity contribution in [1.82, 2.24) is 20.2 Å². The third kappa shape index (κ3) is 3.06. The van der Waals surface area contributed by atoms with E-state index in [0.717, 1.165) is 24.5 Å². The Kier molecular flexibility index (Phi) is 3.79. The first-order chi connectivity index (χ1) is 9.81. The summed E-state index contributed by atoms with van der Waals surface area (Å²) in [5.74, 6) is 0.369. The molecule has 1 aliphatic rings. The lowest BCUT2D eigenvalue weighted by molar-refractivity contribution is 0.111. The van der Waals surface area contributed by atoms with Gasteiger partial charge < -0.3 is 4.74 Å². The van der Waals surface area contributed by atoms with Crippen molar-refractivity contribution in [3.63, 3.8) is 0 Å². The van der Waals surface area contributed by atoms with Gasteiger partial charge in [0.15, 0.2) is 5.82 Å². The molecule has 2 amide bonds. The maximum absolute atomic E-state index is 11.7. The van der Waals surface area contributed by atoms with Crippen LogP contribution in [0.1, 0.15) is 24.0 Å². The number of anilines is 2. The highest BCUT2D eigenvalue weighted by Crippen LogP contribution is 2.31. The lowest BCUT2D eigenvalue weighted by atomic mass is 10.2. The van der Waals surface area contributed by atoms with Gasteiger partial charge in [0.1, 0.15) is 11.1 Å². The number of hydrogen-bond acceptors (Lipinski definition) is 7. The van der Waals surface area contributed by atoms with E-state index in [4.69, 9.17) is 4.74 Å². The zero-order valence-corrected chi connectivity index (χ0v) is 11.3. The van der Waals surface area contributed by atoms with E-state index in [1.54, 1.807) is 0 Å². The summed E-state index contributed by atoms with van der Waals surface area (Å²) in [5, 5.41) is 14.3. The van der Waals surface area contributed by atoms with Gasteiger partial charge >= 0.3 is 6.03 Å². The van der Waals surface area contributed by atoms with Crippen LogP contribution in [0.5, 0.6) is 0 Å². The van der Waals surface area contributed by atoms with Crippen molar-refractivity contribution in [2.75, 3.05) is 17.2 Å². The zero-order chi connectivity index (χ0) is 13.8. The predicted molar refractivity (Wildman–Crippen MR) is 72.5 cm³/mol. The second kappa shape index (κ2) is 5.88. The maximum atomic E-state index is 11.7. The quantitative estimate of drug-likeness (QED) is 0.894. The molecule has 2 N–H and O–H groups in total. The minimum absolute atomic E-state index is 0.00565. The van der Waals surface area contributed by atoms with Gasteiger partial charge in [-0.2, -0.15) is 0 Å². The Morgan fingerprint density at radius 1 is 1.35 bits per heavy atom. The molecule has 1 fully saturated rings. The molecule has 1 saturated heterocycles. The molecule has 0 bridgehead atoms. The molecule has 0 aromatic carbocycles. The largest absolute Gasteiger partial charge is 0.371 e. The van der Waals surface area contributed by atoms with Gasteiger partial charge in [-0.3, -0.25) is 15.6 Å². The Morgan fingerprint density at radius 3 is 3.05 bits per heavy atom. The monoisotopic (exact) mass is 292 g/mol. The molecule has 104 valence electrons. The topological polar surface area (TPSA) is 102 Å². The lowest BCUT2D eigenvalue weighted by Crippen LogP contribution is -2.20. The summed E-state index contributed by atoms with van der Waals surface area (Å²) in [6, 6.07) is -0.430. The number of carbonyl (C=O) groups is 1. The Balaban J connectivity index is 1.59. The van der Waals surface area contributed by atoms with E-state index in [0.29, 0.717) is 10.9 Å². The number of nitrogens with one attached hydrogen (secondary N) is 2. The van der Waals surface area contributed by atoms with Crippen molar-refractivity contribution in [2.24, 2.45) is 0 Å². The third-order valence-corrected chi connectivity index (χ3v) is 3.60. The second-order valence-corrected chi connectivity index (χ2v) is 5.13. The Labute approximate surface area is 118 Å². The molecule has 9 heteroatoms. The van der Waals surface area contributed by atoms with Crippen LogP contribution in [0.25, 0.3) is 0 Å².